The molecule has 1 aliphatic rings. The van der Waals surface area contributed by atoms with Gasteiger partial charge in [0.2, 0.25) is 0 Å². The number of carbonyl (C=O) groups is 1. The largest absolute Gasteiger partial charge is 0.393 e. The summed E-state index contributed by atoms with van der Waals surface area (Å²) in [5.74, 6) is 0.380. The maximum atomic E-state index is 12.1. The fraction of sp³-hybridized carbons (Fsp3) is 0.409. The minimum atomic E-state index is -0.619. The monoisotopic (exact) mass is 408 g/mol. The second kappa shape index (κ2) is 8.31. The third kappa shape index (κ3) is 4.09. The van der Waals surface area contributed by atoms with E-state index in [0.717, 1.165) is 42.3 Å². The molecule has 1 aliphatic carbocycles. The molecule has 1 saturated carbocycles. The van der Waals surface area contributed by atoms with Gasteiger partial charge in [-0.05, 0) is 55.7 Å². The van der Waals surface area contributed by atoms with Crippen molar-refractivity contribution in [3.05, 3.63) is 41.9 Å². The van der Waals surface area contributed by atoms with E-state index in [0.29, 0.717) is 23.8 Å². The summed E-state index contributed by atoms with van der Waals surface area (Å²) in [5, 5.41) is 17.6. The van der Waals surface area contributed by atoms with Gasteiger partial charge in [-0.3, -0.25) is 4.79 Å². The summed E-state index contributed by atoms with van der Waals surface area (Å²) in [7, 11) is 1.99. The number of primary amides is 1. The van der Waals surface area contributed by atoms with Crippen molar-refractivity contribution in [1.82, 2.24) is 14.5 Å². The van der Waals surface area contributed by atoms with Gasteiger partial charge in [-0.1, -0.05) is 13.0 Å². The molecule has 1 fully saturated rings. The minimum Gasteiger partial charge on any atom is -0.393 e. The van der Waals surface area contributed by atoms with Crippen LogP contribution in [-0.4, -0.2) is 37.7 Å². The molecular weight excluding hydrogens is 380 g/mol. The fourth-order valence-electron chi connectivity index (χ4n) is 3.98. The highest BCUT2D eigenvalue weighted by atomic mass is 16.3. The Morgan fingerprint density at radius 2 is 1.97 bits per heavy atom. The maximum absolute atomic E-state index is 12.1. The number of benzene rings is 1. The minimum absolute atomic E-state index is 0.128. The number of hydrogen-bond donors (Lipinski definition) is 4. The number of nitrogens with two attached hydrogens (primary N) is 1. The second-order valence-corrected chi connectivity index (χ2v) is 7.91. The number of aliphatic hydroxyl groups excluding tert-OH is 1. The Bertz CT molecular complexity index is 1070. The summed E-state index contributed by atoms with van der Waals surface area (Å²) in [6.07, 6.45) is 5.69. The Hall–Kier alpha value is -3.13. The van der Waals surface area contributed by atoms with Gasteiger partial charge in [-0.25, -0.2) is 9.97 Å². The van der Waals surface area contributed by atoms with Crippen LogP contribution in [0.2, 0.25) is 0 Å². The Balaban J connectivity index is 1.67. The van der Waals surface area contributed by atoms with Gasteiger partial charge in [-0.15, -0.1) is 0 Å². The normalized spacial score (nSPS) is 19.0. The van der Waals surface area contributed by atoms with Crippen LogP contribution in [0.1, 0.15) is 48.8 Å². The van der Waals surface area contributed by atoms with Gasteiger partial charge in [0.25, 0.3) is 5.91 Å². The second-order valence-electron chi connectivity index (χ2n) is 7.91. The molecule has 8 nitrogen and oxygen atoms in total. The van der Waals surface area contributed by atoms with Crippen LogP contribution in [0, 0.1) is 0 Å². The molecular formula is C22H28N6O2. The number of rotatable bonds is 6. The van der Waals surface area contributed by atoms with Crippen LogP contribution in [0.15, 0.2) is 30.5 Å². The number of anilines is 3. The predicted molar refractivity (Wildman–Crippen MR) is 118 cm³/mol. The quantitative estimate of drug-likeness (QED) is 0.498. The first-order chi connectivity index (χ1) is 14.4. The molecule has 30 heavy (non-hydrogen) atoms. The van der Waals surface area contributed by atoms with Crippen molar-refractivity contribution >= 4 is 34.1 Å². The highest BCUT2D eigenvalue weighted by molar-refractivity contribution is 5.97. The average Bonchev–Trinajstić information content (AvgIpc) is 3.10. The van der Waals surface area contributed by atoms with Gasteiger partial charge >= 0.3 is 0 Å². The van der Waals surface area contributed by atoms with Gasteiger partial charge < -0.3 is 26.0 Å². The van der Waals surface area contributed by atoms with E-state index in [1.165, 1.54) is 0 Å². The lowest BCUT2D eigenvalue weighted by molar-refractivity contribution is 0.0996. The number of nitrogens with zero attached hydrogens (tertiary/aromatic N) is 3. The third-order valence-electron chi connectivity index (χ3n) is 5.72. The van der Waals surface area contributed by atoms with Crippen LogP contribution in [0.3, 0.4) is 0 Å². The summed E-state index contributed by atoms with van der Waals surface area (Å²) in [5.41, 5.74) is 8.31. The van der Waals surface area contributed by atoms with Gasteiger partial charge in [-0.2, -0.15) is 0 Å². The molecule has 1 amide bonds. The topological polar surface area (TPSA) is 118 Å². The van der Waals surface area contributed by atoms with E-state index in [-0.39, 0.29) is 17.8 Å². The summed E-state index contributed by atoms with van der Waals surface area (Å²) < 4.78 is 2.03. The van der Waals surface area contributed by atoms with Crippen LogP contribution < -0.4 is 16.4 Å². The van der Waals surface area contributed by atoms with Gasteiger partial charge in [0, 0.05) is 30.5 Å². The number of amides is 1. The molecule has 2 heterocycles. The number of aliphatic hydroxyl groups is 1. The van der Waals surface area contributed by atoms with Gasteiger partial charge in [0.15, 0.2) is 11.5 Å². The predicted octanol–water partition coefficient (Wildman–Crippen LogP) is 3.09. The molecule has 0 atom stereocenters. The third-order valence-corrected chi connectivity index (χ3v) is 5.72. The van der Waals surface area contributed by atoms with Gasteiger partial charge in [0.1, 0.15) is 5.82 Å². The molecule has 8 heteroatoms. The van der Waals surface area contributed by atoms with Crippen molar-refractivity contribution < 1.29 is 9.90 Å². The summed E-state index contributed by atoms with van der Waals surface area (Å²) in [6, 6.07) is 8.23. The van der Waals surface area contributed by atoms with E-state index < -0.39 is 5.91 Å². The molecule has 0 bridgehead atoms. The zero-order chi connectivity index (χ0) is 21.3. The van der Waals surface area contributed by atoms with E-state index in [1.807, 2.05) is 49.0 Å². The first kappa shape index (κ1) is 20.2. The molecule has 0 radical (unpaired) electrons. The molecule has 3 aromatic rings. The molecule has 0 unspecified atom stereocenters. The molecule has 2 aromatic heterocycles. The summed E-state index contributed by atoms with van der Waals surface area (Å²) in [6.45, 7) is 1.97. The van der Waals surface area contributed by atoms with Crippen LogP contribution in [0.25, 0.3) is 10.9 Å². The van der Waals surface area contributed by atoms with E-state index in [9.17, 15) is 9.90 Å². The lowest BCUT2D eigenvalue weighted by Crippen LogP contribution is -2.29. The standard InChI is InChI=1S/C22H28N6O2/c1-3-17-21(24-14-6-8-16(29)9-7-14)27-22(19(26-17)20(23)30)25-15-5-4-13-10-11-28(2)18(13)12-15/h4-5,10-12,14,16,29H,3,6-9H2,1-2H3,(H2,23,30)(H2,24,25,27). The smallest absolute Gasteiger partial charge is 0.271 e. The Labute approximate surface area is 175 Å². The van der Waals surface area contributed by atoms with Crippen LogP contribution >= 0.6 is 0 Å². The SMILES string of the molecule is CCc1nc(C(N)=O)c(Nc2ccc3ccn(C)c3c2)nc1NC1CCC(O)CC1. The zero-order valence-electron chi connectivity index (χ0n) is 17.4. The zero-order valence-corrected chi connectivity index (χ0v) is 17.4. The molecule has 0 saturated heterocycles. The number of aryl methyl sites for hydroxylation is 2. The Kier molecular flexibility index (Phi) is 5.59. The van der Waals surface area contributed by atoms with Crippen molar-refractivity contribution in [2.75, 3.05) is 10.6 Å². The van der Waals surface area contributed by atoms with E-state index in [4.69, 9.17) is 10.7 Å². The molecule has 158 valence electrons. The van der Waals surface area contributed by atoms with Crippen molar-refractivity contribution in [3.8, 4) is 0 Å². The highest BCUT2D eigenvalue weighted by Crippen LogP contribution is 2.27. The maximum Gasteiger partial charge on any atom is 0.271 e. The first-order valence-corrected chi connectivity index (χ1v) is 10.4. The fourth-order valence-corrected chi connectivity index (χ4v) is 3.98. The van der Waals surface area contributed by atoms with Crippen molar-refractivity contribution in [1.29, 1.82) is 0 Å². The number of fused-ring (bicyclic) bond motifs is 1. The number of aromatic nitrogens is 3. The molecule has 4 rings (SSSR count). The summed E-state index contributed by atoms with van der Waals surface area (Å²) >= 11 is 0. The highest BCUT2D eigenvalue weighted by Gasteiger charge is 2.23. The van der Waals surface area contributed by atoms with Gasteiger partial charge in [0.05, 0.1) is 11.8 Å². The van der Waals surface area contributed by atoms with Crippen LogP contribution in [0.4, 0.5) is 17.3 Å². The van der Waals surface area contributed by atoms with Crippen LogP contribution in [0.5, 0.6) is 0 Å². The van der Waals surface area contributed by atoms with Crippen molar-refractivity contribution in [2.45, 2.75) is 51.2 Å². The Morgan fingerprint density at radius 1 is 1.20 bits per heavy atom. The van der Waals surface area contributed by atoms with E-state index >= 15 is 0 Å². The number of hydrogen-bond acceptors (Lipinski definition) is 6. The molecule has 0 aliphatic heterocycles. The van der Waals surface area contributed by atoms with E-state index in [1.54, 1.807) is 0 Å². The van der Waals surface area contributed by atoms with Crippen LogP contribution in [-0.2, 0) is 13.5 Å². The Morgan fingerprint density at radius 3 is 2.67 bits per heavy atom. The molecule has 0 spiro atoms. The average molecular weight is 409 g/mol. The summed E-state index contributed by atoms with van der Waals surface area (Å²) in [4.78, 5) is 21.3. The number of carbonyl (C=O) groups excluding carboxylic acids is 1. The molecule has 5 N–H and O–H groups in total. The lowest BCUT2D eigenvalue weighted by atomic mass is 9.93. The lowest BCUT2D eigenvalue weighted by Gasteiger charge is -2.27. The van der Waals surface area contributed by atoms with E-state index in [2.05, 4.69) is 15.6 Å². The van der Waals surface area contributed by atoms with Crippen molar-refractivity contribution in [3.63, 3.8) is 0 Å². The number of nitrogens with one attached hydrogen (secondary N) is 2. The van der Waals surface area contributed by atoms with Crippen molar-refractivity contribution in [2.24, 2.45) is 12.8 Å². The first-order valence-electron chi connectivity index (χ1n) is 10.4. The molecule has 1 aromatic carbocycles.